The summed E-state index contributed by atoms with van der Waals surface area (Å²) in [6.45, 7) is -0.213. The minimum absolute atomic E-state index is 0.00587. The minimum atomic E-state index is -0.355. The monoisotopic (exact) mass is 309 g/mol. The second-order valence-corrected chi connectivity index (χ2v) is 4.79. The molecule has 0 saturated carbocycles. The molecule has 0 atom stereocenters. The lowest BCUT2D eigenvalue weighted by atomic mass is 10.3. The maximum atomic E-state index is 11.9. The van der Waals surface area contributed by atoms with E-state index in [-0.39, 0.29) is 24.0 Å². The van der Waals surface area contributed by atoms with Crippen molar-refractivity contribution < 1.29 is 14.6 Å². The first-order valence-electron chi connectivity index (χ1n) is 7.04. The highest BCUT2D eigenvalue weighted by molar-refractivity contribution is 5.90. The molecule has 0 aliphatic rings. The number of anilines is 1. The lowest BCUT2D eigenvalue weighted by molar-refractivity contribution is -0.118. The Morgan fingerprint density at radius 1 is 1.09 bits per heavy atom. The Morgan fingerprint density at radius 3 is 2.61 bits per heavy atom. The van der Waals surface area contributed by atoms with Crippen molar-refractivity contribution in [1.29, 1.82) is 0 Å². The van der Waals surface area contributed by atoms with E-state index in [1.165, 1.54) is 6.07 Å². The van der Waals surface area contributed by atoms with Crippen LogP contribution >= 0.6 is 0 Å². The molecule has 1 heterocycles. The molecule has 0 unspecified atom stereocenters. The normalized spacial score (nSPS) is 10.3. The number of hydrogen-bond donors (Lipinski definition) is 2. The molecule has 0 saturated heterocycles. The van der Waals surface area contributed by atoms with Crippen LogP contribution in [0.25, 0.3) is 5.69 Å². The summed E-state index contributed by atoms with van der Waals surface area (Å²) in [5.41, 5.74) is 0.901. The Kier molecular flexibility index (Phi) is 4.24. The van der Waals surface area contributed by atoms with Crippen molar-refractivity contribution >= 4 is 11.7 Å². The van der Waals surface area contributed by atoms with Crippen molar-refractivity contribution in [3.63, 3.8) is 0 Å². The Labute approximate surface area is 133 Å². The number of hydrogen-bond acceptors (Lipinski definition) is 4. The average molecular weight is 309 g/mol. The molecule has 0 aliphatic heterocycles. The molecule has 116 valence electrons. The van der Waals surface area contributed by atoms with Crippen molar-refractivity contribution in [2.24, 2.45) is 0 Å². The Bertz CT molecular complexity index is 800. The number of nitrogens with zero attached hydrogens (tertiary/aromatic N) is 2. The van der Waals surface area contributed by atoms with Gasteiger partial charge in [0.2, 0.25) is 0 Å². The largest absolute Gasteiger partial charge is 0.504 e. The van der Waals surface area contributed by atoms with Crippen molar-refractivity contribution in [1.82, 2.24) is 9.78 Å². The summed E-state index contributed by atoms with van der Waals surface area (Å²) >= 11 is 0. The zero-order chi connectivity index (χ0) is 16.1. The molecule has 0 bridgehead atoms. The second-order valence-electron chi connectivity index (χ2n) is 4.79. The topological polar surface area (TPSA) is 76.4 Å². The number of carbonyl (C=O) groups excluding carboxylic acids is 1. The number of phenolic OH excluding ortho intramolecular Hbond substituents is 1. The van der Waals surface area contributed by atoms with E-state index in [0.29, 0.717) is 5.82 Å². The van der Waals surface area contributed by atoms with Crippen LogP contribution in [0.3, 0.4) is 0 Å². The number of nitrogens with one attached hydrogen (secondary N) is 1. The fourth-order valence-corrected chi connectivity index (χ4v) is 2.02. The lowest BCUT2D eigenvalue weighted by Crippen LogP contribution is -2.20. The second kappa shape index (κ2) is 6.65. The average Bonchev–Trinajstić information content (AvgIpc) is 3.03. The summed E-state index contributed by atoms with van der Waals surface area (Å²) in [4.78, 5) is 11.9. The predicted octanol–water partition coefficient (Wildman–Crippen LogP) is 2.60. The molecule has 0 fully saturated rings. The van der Waals surface area contributed by atoms with Crippen LogP contribution in [0, 0.1) is 0 Å². The van der Waals surface area contributed by atoms with Gasteiger partial charge < -0.3 is 15.2 Å². The summed E-state index contributed by atoms with van der Waals surface area (Å²) in [6.07, 6.45) is 1.76. The van der Waals surface area contributed by atoms with Crippen LogP contribution in [-0.2, 0) is 4.79 Å². The standard InChI is InChI=1S/C17H15N3O3/c21-14-8-4-5-9-15(14)23-12-17(22)18-16-10-11-20(19-16)13-6-2-1-3-7-13/h1-11,21H,12H2,(H,18,19,22). The molecular weight excluding hydrogens is 294 g/mol. The molecule has 0 spiro atoms. The summed E-state index contributed by atoms with van der Waals surface area (Å²) < 4.78 is 6.93. The van der Waals surface area contributed by atoms with Crippen LogP contribution in [0.15, 0.2) is 66.9 Å². The third-order valence-corrected chi connectivity index (χ3v) is 3.10. The van der Waals surface area contributed by atoms with E-state index in [1.54, 1.807) is 35.1 Å². The lowest BCUT2D eigenvalue weighted by Gasteiger charge is -2.07. The van der Waals surface area contributed by atoms with Gasteiger partial charge in [-0.05, 0) is 24.3 Å². The number of ether oxygens (including phenoxy) is 1. The number of para-hydroxylation sites is 3. The zero-order valence-corrected chi connectivity index (χ0v) is 12.2. The van der Waals surface area contributed by atoms with Gasteiger partial charge in [-0.3, -0.25) is 4.79 Å². The zero-order valence-electron chi connectivity index (χ0n) is 12.2. The van der Waals surface area contributed by atoms with Gasteiger partial charge in [0.05, 0.1) is 5.69 Å². The maximum Gasteiger partial charge on any atom is 0.263 e. The smallest absolute Gasteiger partial charge is 0.263 e. The van der Waals surface area contributed by atoms with Gasteiger partial charge in [-0.15, -0.1) is 0 Å². The summed E-state index contributed by atoms with van der Waals surface area (Å²) in [6, 6.07) is 17.8. The van der Waals surface area contributed by atoms with Crippen molar-refractivity contribution in [3.05, 3.63) is 66.9 Å². The first-order valence-corrected chi connectivity index (χ1v) is 7.04. The minimum Gasteiger partial charge on any atom is -0.504 e. The van der Waals surface area contributed by atoms with Gasteiger partial charge in [0.15, 0.2) is 23.9 Å². The fraction of sp³-hybridized carbons (Fsp3) is 0.0588. The van der Waals surface area contributed by atoms with Gasteiger partial charge in [-0.2, -0.15) is 5.10 Å². The molecule has 6 nitrogen and oxygen atoms in total. The van der Waals surface area contributed by atoms with Gasteiger partial charge in [-0.25, -0.2) is 4.68 Å². The molecular formula is C17H15N3O3. The van der Waals surface area contributed by atoms with E-state index in [9.17, 15) is 9.90 Å². The third-order valence-electron chi connectivity index (χ3n) is 3.10. The first-order chi connectivity index (χ1) is 11.2. The van der Waals surface area contributed by atoms with E-state index in [2.05, 4.69) is 10.4 Å². The first kappa shape index (κ1) is 14.6. The van der Waals surface area contributed by atoms with Gasteiger partial charge in [0.1, 0.15) is 0 Å². The highest BCUT2D eigenvalue weighted by Crippen LogP contribution is 2.24. The molecule has 3 rings (SSSR count). The molecule has 2 N–H and O–H groups in total. The molecule has 23 heavy (non-hydrogen) atoms. The highest BCUT2D eigenvalue weighted by atomic mass is 16.5. The SMILES string of the molecule is O=C(COc1ccccc1O)Nc1ccn(-c2ccccc2)n1. The summed E-state index contributed by atoms with van der Waals surface area (Å²) in [5.74, 6) is 0.331. The maximum absolute atomic E-state index is 11.9. The van der Waals surface area contributed by atoms with Gasteiger partial charge in [0.25, 0.3) is 5.91 Å². The van der Waals surface area contributed by atoms with Crippen LogP contribution in [0.4, 0.5) is 5.82 Å². The Balaban J connectivity index is 1.58. The number of carbonyl (C=O) groups is 1. The number of aromatic nitrogens is 2. The number of benzene rings is 2. The Morgan fingerprint density at radius 2 is 1.83 bits per heavy atom. The molecule has 1 aromatic heterocycles. The van der Waals surface area contributed by atoms with Crippen LogP contribution in [0.5, 0.6) is 11.5 Å². The molecule has 0 radical (unpaired) electrons. The van der Waals surface area contributed by atoms with E-state index >= 15 is 0 Å². The molecule has 6 heteroatoms. The molecule has 0 aliphatic carbocycles. The number of aromatic hydroxyl groups is 1. The number of amides is 1. The third kappa shape index (κ3) is 3.68. The van der Waals surface area contributed by atoms with Gasteiger partial charge in [-0.1, -0.05) is 30.3 Å². The predicted molar refractivity (Wildman–Crippen MR) is 85.8 cm³/mol. The Hall–Kier alpha value is -3.28. The van der Waals surface area contributed by atoms with E-state index < -0.39 is 0 Å². The van der Waals surface area contributed by atoms with Crippen molar-refractivity contribution in [2.45, 2.75) is 0 Å². The van der Waals surface area contributed by atoms with Crippen molar-refractivity contribution in [2.75, 3.05) is 11.9 Å². The van der Waals surface area contributed by atoms with Crippen molar-refractivity contribution in [3.8, 4) is 17.2 Å². The summed E-state index contributed by atoms with van der Waals surface area (Å²) in [7, 11) is 0. The molecule has 3 aromatic rings. The quantitative estimate of drug-likeness (QED) is 0.759. The summed E-state index contributed by atoms with van der Waals surface area (Å²) in [5, 5.41) is 16.5. The number of rotatable bonds is 5. The highest BCUT2D eigenvalue weighted by Gasteiger charge is 2.08. The van der Waals surface area contributed by atoms with Gasteiger partial charge in [0, 0.05) is 12.3 Å². The van der Waals surface area contributed by atoms with Crippen LogP contribution in [0.1, 0.15) is 0 Å². The number of phenols is 1. The van der Waals surface area contributed by atoms with Crippen LogP contribution < -0.4 is 10.1 Å². The fourth-order valence-electron chi connectivity index (χ4n) is 2.02. The van der Waals surface area contributed by atoms with Gasteiger partial charge >= 0.3 is 0 Å². The molecule has 1 amide bonds. The van der Waals surface area contributed by atoms with Crippen LogP contribution in [-0.4, -0.2) is 27.4 Å². The van der Waals surface area contributed by atoms with E-state index in [4.69, 9.17) is 4.74 Å². The van der Waals surface area contributed by atoms with E-state index in [0.717, 1.165) is 5.69 Å². The van der Waals surface area contributed by atoms with E-state index in [1.807, 2.05) is 30.3 Å². The van der Waals surface area contributed by atoms with Crippen LogP contribution in [0.2, 0.25) is 0 Å². The molecule has 2 aromatic carbocycles.